The second-order valence-corrected chi connectivity index (χ2v) is 6.44. The average molecular weight is 329 g/mol. The number of carbonyl (C=O) groups excluding carboxylic acids is 1. The summed E-state index contributed by atoms with van der Waals surface area (Å²) in [5.41, 5.74) is 3.95. The van der Waals surface area contributed by atoms with E-state index in [1.54, 1.807) is 0 Å². The number of hydrogen-bond acceptors (Lipinski definition) is 4. The number of amides is 2. The highest BCUT2D eigenvalue weighted by Gasteiger charge is 2.31. The number of rotatable bonds is 4. The number of urea groups is 1. The van der Waals surface area contributed by atoms with Gasteiger partial charge >= 0.3 is 6.03 Å². The second kappa shape index (κ2) is 6.65. The highest BCUT2D eigenvalue weighted by molar-refractivity contribution is 5.75. The number of hydrogen-bond donors (Lipinski definition) is 3. The molecule has 1 aliphatic carbocycles. The summed E-state index contributed by atoms with van der Waals surface area (Å²) in [5.74, 6) is 0.880. The number of aromatic nitrogens is 1. The van der Waals surface area contributed by atoms with E-state index in [-0.39, 0.29) is 18.0 Å². The number of fused-ring (bicyclic) bond motifs is 1. The van der Waals surface area contributed by atoms with Crippen molar-refractivity contribution in [1.82, 2.24) is 15.8 Å². The van der Waals surface area contributed by atoms with Crippen LogP contribution < -0.4 is 10.6 Å². The topological polar surface area (TPSA) is 87.4 Å². The van der Waals surface area contributed by atoms with Crippen molar-refractivity contribution in [1.29, 1.82) is 0 Å². The minimum Gasteiger partial charge on any atom is -0.390 e. The number of benzene rings is 1. The molecule has 0 fully saturated rings. The average Bonchev–Trinajstić information content (AvgIpc) is 3.05. The lowest BCUT2D eigenvalue weighted by Gasteiger charge is -2.19. The summed E-state index contributed by atoms with van der Waals surface area (Å²) in [7, 11) is 0. The largest absolute Gasteiger partial charge is 0.390 e. The lowest BCUT2D eigenvalue weighted by Crippen LogP contribution is -2.42. The van der Waals surface area contributed by atoms with E-state index >= 15 is 0 Å². The van der Waals surface area contributed by atoms with Crippen LogP contribution in [0.4, 0.5) is 4.79 Å². The Bertz CT molecular complexity index is 721. The van der Waals surface area contributed by atoms with Crippen molar-refractivity contribution < 1.29 is 14.4 Å². The van der Waals surface area contributed by atoms with Gasteiger partial charge in [0.25, 0.3) is 0 Å². The van der Waals surface area contributed by atoms with Crippen molar-refractivity contribution in [3.63, 3.8) is 0 Å². The van der Waals surface area contributed by atoms with Crippen molar-refractivity contribution in [2.24, 2.45) is 0 Å². The Hall–Kier alpha value is -2.34. The fourth-order valence-electron chi connectivity index (χ4n) is 3.48. The molecule has 6 heteroatoms. The van der Waals surface area contributed by atoms with E-state index in [2.05, 4.69) is 15.8 Å². The van der Waals surface area contributed by atoms with Gasteiger partial charge in [-0.05, 0) is 25.0 Å². The van der Waals surface area contributed by atoms with Crippen LogP contribution >= 0.6 is 0 Å². The minimum absolute atomic E-state index is 0.0998. The van der Waals surface area contributed by atoms with Crippen LogP contribution in [0.2, 0.25) is 0 Å². The van der Waals surface area contributed by atoms with E-state index in [1.165, 1.54) is 0 Å². The molecule has 2 aromatic rings. The van der Waals surface area contributed by atoms with Crippen molar-refractivity contribution >= 4 is 6.03 Å². The van der Waals surface area contributed by atoms with Crippen LogP contribution in [0.25, 0.3) is 0 Å². The third-order valence-corrected chi connectivity index (χ3v) is 4.64. The van der Waals surface area contributed by atoms with Crippen LogP contribution in [-0.2, 0) is 6.42 Å². The van der Waals surface area contributed by atoms with Crippen LogP contribution in [-0.4, -0.2) is 28.9 Å². The van der Waals surface area contributed by atoms with Gasteiger partial charge in [0.05, 0.1) is 17.8 Å². The molecular formula is C18H23N3O3. The second-order valence-electron chi connectivity index (χ2n) is 6.44. The fourth-order valence-corrected chi connectivity index (χ4v) is 3.48. The molecular weight excluding hydrogens is 306 g/mol. The SMILES string of the molecule is Cc1noc(C)c1C(C)CNC(=O)NC1c2ccccc2CC1O. The summed E-state index contributed by atoms with van der Waals surface area (Å²) in [4.78, 5) is 12.2. The normalized spacial score (nSPS) is 20.5. The Kier molecular flexibility index (Phi) is 4.57. The van der Waals surface area contributed by atoms with Gasteiger partial charge in [-0.2, -0.15) is 0 Å². The highest BCUT2D eigenvalue weighted by Crippen LogP contribution is 2.31. The summed E-state index contributed by atoms with van der Waals surface area (Å²) in [5, 5.41) is 19.9. The number of aliphatic hydroxyl groups excluding tert-OH is 1. The number of aliphatic hydroxyl groups is 1. The molecule has 0 aliphatic heterocycles. The molecule has 3 unspecified atom stereocenters. The molecule has 1 aromatic carbocycles. The number of nitrogens with one attached hydrogen (secondary N) is 2. The Morgan fingerprint density at radius 3 is 2.88 bits per heavy atom. The lowest BCUT2D eigenvalue weighted by molar-refractivity contribution is 0.142. The summed E-state index contributed by atoms with van der Waals surface area (Å²) in [6, 6.07) is 7.15. The zero-order chi connectivity index (χ0) is 17.3. The molecule has 0 saturated carbocycles. The first kappa shape index (κ1) is 16.5. The number of carbonyl (C=O) groups is 1. The molecule has 0 bridgehead atoms. The highest BCUT2D eigenvalue weighted by atomic mass is 16.5. The van der Waals surface area contributed by atoms with E-state index in [9.17, 15) is 9.90 Å². The third-order valence-electron chi connectivity index (χ3n) is 4.64. The van der Waals surface area contributed by atoms with Gasteiger partial charge in [0.2, 0.25) is 0 Å². The maximum atomic E-state index is 12.2. The van der Waals surface area contributed by atoms with Crippen molar-refractivity contribution in [2.75, 3.05) is 6.54 Å². The molecule has 3 rings (SSSR count). The zero-order valence-corrected chi connectivity index (χ0v) is 14.2. The molecule has 24 heavy (non-hydrogen) atoms. The van der Waals surface area contributed by atoms with Gasteiger partial charge in [-0.25, -0.2) is 4.79 Å². The van der Waals surface area contributed by atoms with Gasteiger partial charge in [0, 0.05) is 24.4 Å². The van der Waals surface area contributed by atoms with Crippen LogP contribution in [0.5, 0.6) is 0 Å². The van der Waals surface area contributed by atoms with Gasteiger partial charge in [0.1, 0.15) is 5.76 Å². The zero-order valence-electron chi connectivity index (χ0n) is 14.2. The van der Waals surface area contributed by atoms with E-state index in [4.69, 9.17) is 4.52 Å². The van der Waals surface area contributed by atoms with Crippen LogP contribution in [0, 0.1) is 13.8 Å². The smallest absolute Gasteiger partial charge is 0.315 e. The Balaban J connectivity index is 1.59. The molecule has 3 N–H and O–H groups in total. The van der Waals surface area contributed by atoms with Crippen LogP contribution in [0.3, 0.4) is 0 Å². The first-order chi connectivity index (χ1) is 11.5. The summed E-state index contributed by atoms with van der Waals surface area (Å²) in [6.45, 7) is 6.26. The first-order valence-corrected chi connectivity index (χ1v) is 8.20. The molecule has 0 spiro atoms. The standard InChI is InChI=1S/C18H23N3O3/c1-10(16-11(2)21-24-12(16)3)9-19-18(23)20-17-14-7-5-4-6-13(14)8-15(17)22/h4-7,10,15,17,22H,8-9H2,1-3H3,(H2,19,20,23). The molecule has 6 nitrogen and oxygen atoms in total. The van der Waals surface area contributed by atoms with E-state index < -0.39 is 6.10 Å². The first-order valence-electron chi connectivity index (χ1n) is 8.20. The Morgan fingerprint density at radius 2 is 2.17 bits per heavy atom. The van der Waals surface area contributed by atoms with Crippen molar-refractivity contribution in [2.45, 2.75) is 45.3 Å². The predicted octanol–water partition coefficient (Wildman–Crippen LogP) is 2.35. The molecule has 1 heterocycles. The molecule has 0 radical (unpaired) electrons. The Labute approximate surface area is 141 Å². The van der Waals surface area contributed by atoms with Crippen molar-refractivity contribution in [3.8, 4) is 0 Å². The van der Waals surface area contributed by atoms with E-state index in [0.29, 0.717) is 13.0 Å². The van der Waals surface area contributed by atoms with E-state index in [0.717, 1.165) is 28.1 Å². The van der Waals surface area contributed by atoms with Crippen molar-refractivity contribution in [3.05, 3.63) is 52.4 Å². The molecule has 128 valence electrons. The maximum absolute atomic E-state index is 12.2. The van der Waals surface area contributed by atoms with Gasteiger partial charge in [-0.3, -0.25) is 0 Å². The maximum Gasteiger partial charge on any atom is 0.315 e. The van der Waals surface area contributed by atoms with Gasteiger partial charge in [-0.1, -0.05) is 36.3 Å². The predicted molar refractivity (Wildman–Crippen MR) is 89.8 cm³/mol. The minimum atomic E-state index is -0.590. The van der Waals surface area contributed by atoms with Gasteiger partial charge in [0.15, 0.2) is 0 Å². The molecule has 0 saturated heterocycles. The summed E-state index contributed by atoms with van der Waals surface area (Å²) < 4.78 is 5.17. The number of aryl methyl sites for hydroxylation is 2. The van der Waals surface area contributed by atoms with Crippen LogP contribution in [0.15, 0.2) is 28.8 Å². The number of nitrogens with zero attached hydrogens (tertiary/aromatic N) is 1. The quantitative estimate of drug-likeness (QED) is 0.803. The Morgan fingerprint density at radius 1 is 1.42 bits per heavy atom. The summed E-state index contributed by atoms with van der Waals surface area (Å²) in [6.07, 6.45) is -0.0236. The monoisotopic (exact) mass is 329 g/mol. The molecule has 3 atom stereocenters. The third kappa shape index (κ3) is 3.14. The van der Waals surface area contributed by atoms with Crippen LogP contribution in [0.1, 0.15) is 47.0 Å². The molecule has 1 aromatic heterocycles. The molecule has 2 amide bonds. The van der Waals surface area contributed by atoms with Gasteiger partial charge in [-0.15, -0.1) is 0 Å². The fraction of sp³-hybridized carbons (Fsp3) is 0.444. The molecule has 1 aliphatic rings. The lowest BCUT2D eigenvalue weighted by atomic mass is 10.00. The van der Waals surface area contributed by atoms with E-state index in [1.807, 2.05) is 45.0 Å². The van der Waals surface area contributed by atoms with Gasteiger partial charge < -0.3 is 20.3 Å². The summed E-state index contributed by atoms with van der Waals surface area (Å²) >= 11 is 0.